The fourth-order valence-corrected chi connectivity index (χ4v) is 7.54. The van der Waals surface area contributed by atoms with Gasteiger partial charge in [-0.2, -0.15) is 0 Å². The van der Waals surface area contributed by atoms with Crippen LogP contribution in [0.3, 0.4) is 0 Å². The van der Waals surface area contributed by atoms with Crippen LogP contribution in [-0.4, -0.2) is 37.2 Å². The third-order valence-electron chi connectivity index (χ3n) is 11.5. The first-order valence-corrected chi connectivity index (χ1v) is 26.8. The molecule has 0 heterocycles. The molecule has 0 rings (SSSR count). The molecule has 0 spiro atoms. The number of carbonyl (C=O) groups is 3. The van der Waals surface area contributed by atoms with Gasteiger partial charge in [0.15, 0.2) is 6.10 Å². The van der Waals surface area contributed by atoms with Crippen molar-refractivity contribution in [1.82, 2.24) is 0 Å². The van der Waals surface area contributed by atoms with Crippen LogP contribution in [0.1, 0.15) is 265 Å². The fraction of sp³-hybridized carbons (Fsp3) is 0.772. The maximum atomic E-state index is 12.8. The van der Waals surface area contributed by atoms with Crippen LogP contribution in [0.2, 0.25) is 0 Å². The molecule has 1 atom stereocenters. The van der Waals surface area contributed by atoms with Gasteiger partial charge in [-0.1, -0.05) is 248 Å². The van der Waals surface area contributed by atoms with Crippen LogP contribution < -0.4 is 0 Å². The summed E-state index contributed by atoms with van der Waals surface area (Å²) < 4.78 is 16.7. The van der Waals surface area contributed by atoms with Gasteiger partial charge in [0, 0.05) is 19.3 Å². The SMILES string of the molecule is CC/C=C\C/C=C\C/C=C\C/C=C\C/C=C\CCCC(=O)OC(COC(=O)CCCCCCCCCCC)COC(=O)CCCCCCCCCCCCCCCCCCCCC. The minimum atomic E-state index is -0.799. The van der Waals surface area contributed by atoms with Gasteiger partial charge in [-0.15, -0.1) is 0 Å². The molecule has 6 nitrogen and oxygen atoms in total. The maximum absolute atomic E-state index is 12.8. The molecule has 0 N–H and O–H groups in total. The van der Waals surface area contributed by atoms with Crippen LogP contribution in [0.5, 0.6) is 0 Å². The van der Waals surface area contributed by atoms with E-state index in [9.17, 15) is 14.4 Å². The highest BCUT2D eigenvalue weighted by Crippen LogP contribution is 2.16. The highest BCUT2D eigenvalue weighted by atomic mass is 16.6. The highest BCUT2D eigenvalue weighted by molar-refractivity contribution is 5.71. The molecule has 0 fully saturated rings. The van der Waals surface area contributed by atoms with Crippen molar-refractivity contribution in [3.8, 4) is 0 Å². The van der Waals surface area contributed by atoms with E-state index in [2.05, 4.69) is 81.5 Å². The van der Waals surface area contributed by atoms with Gasteiger partial charge in [-0.05, 0) is 57.8 Å². The summed E-state index contributed by atoms with van der Waals surface area (Å²) >= 11 is 0. The molecule has 6 heteroatoms. The minimum absolute atomic E-state index is 0.0935. The van der Waals surface area contributed by atoms with Gasteiger partial charge in [-0.3, -0.25) is 14.4 Å². The lowest BCUT2D eigenvalue weighted by molar-refractivity contribution is -0.167. The van der Waals surface area contributed by atoms with Crippen LogP contribution in [0.15, 0.2) is 60.8 Å². The van der Waals surface area contributed by atoms with Crippen molar-refractivity contribution < 1.29 is 28.6 Å². The zero-order valence-corrected chi connectivity index (χ0v) is 41.6. The van der Waals surface area contributed by atoms with Gasteiger partial charge in [0.2, 0.25) is 0 Å². The minimum Gasteiger partial charge on any atom is -0.462 e. The van der Waals surface area contributed by atoms with E-state index in [-0.39, 0.29) is 37.5 Å². The molecule has 0 aromatic rings. The number of ether oxygens (including phenoxy) is 3. The Morgan fingerprint density at radius 1 is 0.333 bits per heavy atom. The second-order valence-corrected chi connectivity index (χ2v) is 17.8. The molecule has 1 unspecified atom stereocenters. The lowest BCUT2D eigenvalue weighted by atomic mass is 10.0. The quantitative estimate of drug-likeness (QED) is 0.0262. The number of esters is 3. The summed E-state index contributed by atoms with van der Waals surface area (Å²) in [5, 5.41) is 0. The van der Waals surface area contributed by atoms with Crippen molar-refractivity contribution >= 4 is 17.9 Å². The summed E-state index contributed by atoms with van der Waals surface area (Å²) in [4.78, 5) is 37.9. The number of hydrogen-bond donors (Lipinski definition) is 0. The third-order valence-corrected chi connectivity index (χ3v) is 11.5. The van der Waals surface area contributed by atoms with Crippen molar-refractivity contribution in [3.05, 3.63) is 60.8 Å². The van der Waals surface area contributed by atoms with Crippen molar-refractivity contribution in [3.63, 3.8) is 0 Å². The van der Waals surface area contributed by atoms with E-state index in [1.165, 1.54) is 141 Å². The molecular formula is C57H100O6. The molecule has 0 aliphatic heterocycles. The van der Waals surface area contributed by atoms with Crippen molar-refractivity contribution in [2.24, 2.45) is 0 Å². The Morgan fingerprint density at radius 3 is 0.952 bits per heavy atom. The molecule has 0 bridgehead atoms. The predicted octanol–water partition coefficient (Wildman–Crippen LogP) is 17.6. The second-order valence-electron chi connectivity index (χ2n) is 17.8. The summed E-state index contributed by atoms with van der Waals surface area (Å²) in [6, 6.07) is 0. The van der Waals surface area contributed by atoms with E-state index in [0.29, 0.717) is 19.3 Å². The van der Waals surface area contributed by atoms with Crippen LogP contribution in [0.4, 0.5) is 0 Å². The van der Waals surface area contributed by atoms with Crippen LogP contribution >= 0.6 is 0 Å². The van der Waals surface area contributed by atoms with E-state index in [4.69, 9.17) is 14.2 Å². The largest absolute Gasteiger partial charge is 0.462 e. The average molecular weight is 881 g/mol. The monoisotopic (exact) mass is 881 g/mol. The maximum Gasteiger partial charge on any atom is 0.306 e. The third kappa shape index (κ3) is 50.0. The number of unbranched alkanes of at least 4 members (excludes halogenated alkanes) is 27. The number of hydrogen-bond acceptors (Lipinski definition) is 6. The summed E-state index contributed by atoms with van der Waals surface area (Å²) in [6.45, 7) is 6.48. The van der Waals surface area contributed by atoms with Gasteiger partial charge < -0.3 is 14.2 Å². The van der Waals surface area contributed by atoms with E-state index < -0.39 is 6.10 Å². The molecule has 364 valence electrons. The molecule has 0 aromatic carbocycles. The number of carbonyl (C=O) groups excluding carboxylic acids is 3. The molecule has 0 saturated heterocycles. The van der Waals surface area contributed by atoms with Crippen molar-refractivity contribution in [2.75, 3.05) is 13.2 Å². The normalized spacial score (nSPS) is 12.5. The van der Waals surface area contributed by atoms with Crippen LogP contribution in [0.25, 0.3) is 0 Å². The molecule has 0 saturated carbocycles. The van der Waals surface area contributed by atoms with E-state index in [1.807, 2.05) is 0 Å². The van der Waals surface area contributed by atoms with Gasteiger partial charge >= 0.3 is 17.9 Å². The topological polar surface area (TPSA) is 78.9 Å². The second kappa shape index (κ2) is 51.7. The average Bonchev–Trinajstić information content (AvgIpc) is 3.28. The van der Waals surface area contributed by atoms with E-state index >= 15 is 0 Å². The van der Waals surface area contributed by atoms with Gasteiger partial charge in [0.1, 0.15) is 13.2 Å². The summed E-state index contributed by atoms with van der Waals surface area (Å²) in [5.41, 5.74) is 0. The molecule has 0 aliphatic rings. The van der Waals surface area contributed by atoms with Crippen molar-refractivity contribution in [2.45, 2.75) is 271 Å². The van der Waals surface area contributed by atoms with E-state index in [1.54, 1.807) is 0 Å². The Kier molecular flexibility index (Phi) is 49.4. The van der Waals surface area contributed by atoms with E-state index in [0.717, 1.165) is 77.0 Å². The Bertz CT molecular complexity index is 1150. The first-order valence-electron chi connectivity index (χ1n) is 26.8. The Labute approximate surface area is 390 Å². The summed E-state index contributed by atoms with van der Waals surface area (Å²) in [7, 11) is 0. The lowest BCUT2D eigenvalue weighted by Gasteiger charge is -2.18. The van der Waals surface area contributed by atoms with Crippen LogP contribution in [-0.2, 0) is 28.6 Å². The zero-order valence-electron chi connectivity index (χ0n) is 41.6. The number of rotatable bonds is 48. The Balaban J connectivity index is 4.35. The van der Waals surface area contributed by atoms with Gasteiger partial charge in [0.25, 0.3) is 0 Å². The molecule has 0 radical (unpaired) electrons. The highest BCUT2D eigenvalue weighted by Gasteiger charge is 2.19. The fourth-order valence-electron chi connectivity index (χ4n) is 7.54. The predicted molar refractivity (Wildman–Crippen MR) is 270 cm³/mol. The van der Waals surface area contributed by atoms with Crippen molar-refractivity contribution in [1.29, 1.82) is 0 Å². The van der Waals surface area contributed by atoms with Gasteiger partial charge in [-0.25, -0.2) is 0 Å². The molecule has 0 aliphatic carbocycles. The molecule has 0 aromatic heterocycles. The van der Waals surface area contributed by atoms with Gasteiger partial charge in [0.05, 0.1) is 0 Å². The Morgan fingerprint density at radius 2 is 0.619 bits per heavy atom. The summed E-state index contributed by atoms with van der Waals surface area (Å²) in [5.74, 6) is -0.947. The molecule has 63 heavy (non-hydrogen) atoms. The first kappa shape index (κ1) is 60.1. The summed E-state index contributed by atoms with van der Waals surface area (Å²) in [6.07, 6.45) is 63.7. The molecular weight excluding hydrogens is 781 g/mol. The molecule has 0 amide bonds. The smallest absolute Gasteiger partial charge is 0.306 e. The Hall–Kier alpha value is -2.89. The van der Waals surface area contributed by atoms with Crippen LogP contribution in [0, 0.1) is 0 Å². The lowest BCUT2D eigenvalue weighted by Crippen LogP contribution is -2.30. The standard InChI is InChI=1S/C57H100O6/c1-4-7-10-13-16-19-21-23-25-27-28-30-31-33-35-38-41-44-47-50-56(59)62-53-54(52-61-55(58)49-46-43-40-37-18-15-12-9-6-3)63-57(60)51-48-45-42-39-36-34-32-29-26-24-22-20-17-14-11-8-5-2/h8,11,17,20,24,26,32,34,39,42,54H,4-7,9-10,12-16,18-19,21-23,25,27-31,33,35-38,40-41,43-53H2,1-3H3/b11-8-,20-17-,26-24-,34-32-,42-39-. The first-order chi connectivity index (χ1) is 31.0. The zero-order chi connectivity index (χ0) is 45.8. The number of allylic oxidation sites excluding steroid dienone is 10.